The van der Waals surface area contributed by atoms with Crippen LogP contribution in [0.15, 0.2) is 47.5 Å². The standard InChI is InChI=1S/C19H19N5O2S2/c20-16(25)12-27-15-6-2-1-4-13(15)18(26)23-8-10-24(11-9-23)19-22-14-5-3-7-21-17(14)28-19/h1-7H,8-12H2,(H2,20,25). The van der Waals surface area contributed by atoms with Gasteiger partial charge in [-0.3, -0.25) is 9.59 Å². The first-order valence-corrected chi connectivity index (χ1v) is 10.7. The summed E-state index contributed by atoms with van der Waals surface area (Å²) in [4.78, 5) is 38.8. The minimum Gasteiger partial charge on any atom is -0.369 e. The highest BCUT2D eigenvalue weighted by molar-refractivity contribution is 8.00. The molecule has 0 bridgehead atoms. The first kappa shape index (κ1) is 18.7. The zero-order chi connectivity index (χ0) is 19.5. The van der Waals surface area contributed by atoms with Gasteiger partial charge in [-0.15, -0.1) is 11.8 Å². The van der Waals surface area contributed by atoms with Crippen LogP contribution >= 0.6 is 23.1 Å². The van der Waals surface area contributed by atoms with Gasteiger partial charge in [0, 0.05) is 37.3 Å². The van der Waals surface area contributed by atoms with Crippen molar-refractivity contribution in [3.05, 3.63) is 48.2 Å². The Labute approximate surface area is 170 Å². The largest absolute Gasteiger partial charge is 0.369 e. The Kier molecular flexibility index (Phi) is 5.45. The van der Waals surface area contributed by atoms with Crippen LogP contribution in [-0.4, -0.2) is 58.6 Å². The Balaban J connectivity index is 1.43. The second-order valence-electron chi connectivity index (χ2n) is 6.35. The first-order valence-electron chi connectivity index (χ1n) is 8.88. The Hall–Kier alpha value is -2.65. The van der Waals surface area contributed by atoms with Crippen molar-refractivity contribution in [2.45, 2.75) is 4.90 Å². The van der Waals surface area contributed by atoms with Crippen LogP contribution in [0.2, 0.25) is 0 Å². The van der Waals surface area contributed by atoms with E-state index in [-0.39, 0.29) is 11.7 Å². The van der Waals surface area contributed by atoms with E-state index in [4.69, 9.17) is 5.73 Å². The highest BCUT2D eigenvalue weighted by atomic mass is 32.2. The van der Waals surface area contributed by atoms with E-state index in [0.29, 0.717) is 18.7 Å². The average Bonchev–Trinajstić information content (AvgIpc) is 3.16. The van der Waals surface area contributed by atoms with Gasteiger partial charge in [-0.1, -0.05) is 23.5 Å². The molecule has 0 unspecified atom stereocenters. The Morgan fingerprint density at radius 2 is 1.89 bits per heavy atom. The summed E-state index contributed by atoms with van der Waals surface area (Å²) in [7, 11) is 0. The van der Waals surface area contributed by atoms with E-state index in [1.165, 1.54) is 11.8 Å². The maximum atomic E-state index is 13.0. The number of benzene rings is 1. The van der Waals surface area contributed by atoms with E-state index < -0.39 is 5.91 Å². The predicted molar refractivity (Wildman–Crippen MR) is 112 cm³/mol. The van der Waals surface area contributed by atoms with Gasteiger partial charge in [-0.2, -0.15) is 0 Å². The number of nitrogens with zero attached hydrogens (tertiary/aromatic N) is 4. The molecule has 0 atom stereocenters. The van der Waals surface area contributed by atoms with Gasteiger partial charge < -0.3 is 15.5 Å². The summed E-state index contributed by atoms with van der Waals surface area (Å²) in [5, 5.41) is 0.943. The molecule has 2 amide bonds. The van der Waals surface area contributed by atoms with Gasteiger partial charge in [0.25, 0.3) is 5.91 Å². The molecule has 3 heterocycles. The molecule has 7 nitrogen and oxygen atoms in total. The third-order valence-electron chi connectivity index (χ3n) is 4.48. The normalized spacial score (nSPS) is 14.4. The summed E-state index contributed by atoms with van der Waals surface area (Å²) in [5.41, 5.74) is 6.76. The van der Waals surface area contributed by atoms with Crippen molar-refractivity contribution in [1.29, 1.82) is 0 Å². The molecule has 0 spiro atoms. The van der Waals surface area contributed by atoms with Gasteiger partial charge in [0.1, 0.15) is 10.3 Å². The third kappa shape index (κ3) is 3.95. The molecule has 1 fully saturated rings. The molecule has 9 heteroatoms. The highest BCUT2D eigenvalue weighted by Gasteiger charge is 2.25. The lowest BCUT2D eigenvalue weighted by Gasteiger charge is -2.34. The van der Waals surface area contributed by atoms with Crippen LogP contribution in [-0.2, 0) is 4.79 Å². The number of piperazine rings is 1. The minimum atomic E-state index is -0.397. The number of amides is 2. The summed E-state index contributed by atoms with van der Waals surface area (Å²) >= 11 is 2.87. The van der Waals surface area contributed by atoms with Gasteiger partial charge in [-0.25, -0.2) is 9.97 Å². The summed E-state index contributed by atoms with van der Waals surface area (Å²) in [5.74, 6) is -0.256. The summed E-state index contributed by atoms with van der Waals surface area (Å²) in [6.07, 6.45) is 1.77. The number of carbonyl (C=O) groups excluding carboxylic acids is 2. The number of rotatable bonds is 5. The van der Waals surface area contributed by atoms with Crippen LogP contribution in [0.5, 0.6) is 0 Å². The number of thiazole rings is 1. The molecule has 0 aliphatic carbocycles. The summed E-state index contributed by atoms with van der Waals surface area (Å²) in [6, 6.07) is 11.2. The molecule has 1 aliphatic rings. The van der Waals surface area contributed by atoms with Crippen molar-refractivity contribution in [3.8, 4) is 0 Å². The van der Waals surface area contributed by atoms with Crippen LogP contribution in [0.3, 0.4) is 0 Å². The monoisotopic (exact) mass is 413 g/mol. The molecular formula is C19H19N5O2S2. The molecular weight excluding hydrogens is 394 g/mol. The van der Waals surface area contributed by atoms with E-state index in [1.54, 1.807) is 23.6 Å². The number of primary amides is 1. The van der Waals surface area contributed by atoms with Gasteiger partial charge >= 0.3 is 0 Å². The number of pyridine rings is 1. The summed E-state index contributed by atoms with van der Waals surface area (Å²) < 4.78 is 0. The lowest BCUT2D eigenvalue weighted by Crippen LogP contribution is -2.48. The van der Waals surface area contributed by atoms with E-state index in [2.05, 4.69) is 14.9 Å². The van der Waals surface area contributed by atoms with Crippen LogP contribution < -0.4 is 10.6 Å². The Morgan fingerprint density at radius 1 is 1.11 bits per heavy atom. The Morgan fingerprint density at radius 3 is 2.64 bits per heavy atom. The summed E-state index contributed by atoms with van der Waals surface area (Å²) in [6.45, 7) is 2.69. The van der Waals surface area contributed by atoms with Gasteiger partial charge in [0.2, 0.25) is 5.91 Å². The SMILES string of the molecule is NC(=O)CSc1ccccc1C(=O)N1CCN(c2nc3cccnc3s2)CC1. The molecule has 1 aromatic carbocycles. The van der Waals surface area contributed by atoms with Crippen LogP contribution in [0, 0.1) is 0 Å². The molecule has 0 radical (unpaired) electrons. The van der Waals surface area contributed by atoms with Gasteiger partial charge in [0.15, 0.2) is 5.13 Å². The molecule has 144 valence electrons. The van der Waals surface area contributed by atoms with Crippen molar-refractivity contribution >= 4 is 50.4 Å². The van der Waals surface area contributed by atoms with Crippen LogP contribution in [0.25, 0.3) is 10.3 Å². The number of thioether (sulfide) groups is 1. The molecule has 28 heavy (non-hydrogen) atoms. The van der Waals surface area contributed by atoms with E-state index >= 15 is 0 Å². The number of nitrogens with two attached hydrogens (primary N) is 1. The molecule has 2 aromatic heterocycles. The number of hydrogen-bond acceptors (Lipinski definition) is 7. The Bertz CT molecular complexity index is 981. The van der Waals surface area contributed by atoms with Crippen molar-refractivity contribution in [3.63, 3.8) is 0 Å². The second-order valence-corrected chi connectivity index (χ2v) is 8.33. The third-order valence-corrected chi connectivity index (χ3v) is 6.62. The second kappa shape index (κ2) is 8.15. The van der Waals surface area contributed by atoms with Crippen molar-refractivity contribution < 1.29 is 9.59 Å². The zero-order valence-electron chi connectivity index (χ0n) is 15.1. The molecule has 1 aliphatic heterocycles. The van der Waals surface area contributed by atoms with E-state index in [9.17, 15) is 9.59 Å². The fraction of sp³-hybridized carbons (Fsp3) is 0.263. The minimum absolute atomic E-state index is 0.0156. The van der Waals surface area contributed by atoms with Crippen LogP contribution in [0.4, 0.5) is 5.13 Å². The quantitative estimate of drug-likeness (QED) is 0.645. The van der Waals surface area contributed by atoms with E-state index in [0.717, 1.165) is 33.5 Å². The predicted octanol–water partition coefficient (Wildman–Crippen LogP) is 2.23. The number of hydrogen-bond donors (Lipinski definition) is 1. The first-order chi connectivity index (χ1) is 13.6. The van der Waals surface area contributed by atoms with Gasteiger partial charge in [0.05, 0.1) is 11.3 Å². The molecule has 1 saturated heterocycles. The highest BCUT2D eigenvalue weighted by Crippen LogP contribution is 2.28. The fourth-order valence-electron chi connectivity index (χ4n) is 3.08. The average molecular weight is 414 g/mol. The molecule has 4 rings (SSSR count). The maximum absolute atomic E-state index is 13.0. The van der Waals surface area contributed by atoms with Crippen LogP contribution in [0.1, 0.15) is 10.4 Å². The number of fused-ring (bicyclic) bond motifs is 1. The lowest BCUT2D eigenvalue weighted by molar-refractivity contribution is -0.115. The fourth-order valence-corrected chi connectivity index (χ4v) is 4.83. The number of aromatic nitrogens is 2. The van der Waals surface area contributed by atoms with E-state index in [1.807, 2.05) is 35.2 Å². The smallest absolute Gasteiger partial charge is 0.255 e. The van der Waals surface area contributed by atoms with Crippen molar-refractivity contribution in [1.82, 2.24) is 14.9 Å². The topological polar surface area (TPSA) is 92.4 Å². The van der Waals surface area contributed by atoms with Crippen molar-refractivity contribution in [2.24, 2.45) is 5.73 Å². The number of carbonyl (C=O) groups is 2. The zero-order valence-corrected chi connectivity index (χ0v) is 16.7. The number of anilines is 1. The van der Waals surface area contributed by atoms with Crippen molar-refractivity contribution in [2.75, 3.05) is 36.8 Å². The molecule has 0 saturated carbocycles. The molecule has 3 aromatic rings. The maximum Gasteiger partial charge on any atom is 0.255 e. The molecule has 2 N–H and O–H groups in total. The lowest BCUT2D eigenvalue weighted by atomic mass is 10.2. The van der Waals surface area contributed by atoms with Gasteiger partial charge in [-0.05, 0) is 24.3 Å².